The second-order valence-corrected chi connectivity index (χ2v) is 4.47. The van der Waals surface area contributed by atoms with Gasteiger partial charge < -0.3 is 14.5 Å². The van der Waals surface area contributed by atoms with Crippen LogP contribution in [0, 0.1) is 6.92 Å². The molecule has 0 spiro atoms. The van der Waals surface area contributed by atoms with Crippen LogP contribution in [0.5, 0.6) is 0 Å². The molecule has 0 fully saturated rings. The molecule has 2 rings (SSSR count). The number of ether oxygens (including phenoxy) is 1. The molecule has 0 unspecified atom stereocenters. The second kappa shape index (κ2) is 5.80. The third-order valence-electron chi connectivity index (χ3n) is 2.79. The van der Waals surface area contributed by atoms with Crippen molar-refractivity contribution in [2.75, 3.05) is 12.4 Å². The molecule has 0 aliphatic carbocycles. The van der Waals surface area contributed by atoms with E-state index < -0.39 is 5.97 Å². The average Bonchev–Trinajstić information content (AvgIpc) is 2.82. The Kier molecular flexibility index (Phi) is 4.12. The number of carbonyl (C=O) groups excluding carboxylic acids is 1. The molecule has 0 aliphatic rings. The number of hydrogen-bond acceptors (Lipinski definition) is 4. The Labute approximate surface area is 116 Å². The Balaban J connectivity index is 2.13. The Bertz CT molecular complexity index is 592. The highest BCUT2D eigenvalue weighted by molar-refractivity contribution is 6.33. The third kappa shape index (κ3) is 3.09. The largest absolute Gasteiger partial charge is 0.467 e. The van der Waals surface area contributed by atoms with Gasteiger partial charge in [-0.2, -0.15) is 0 Å². The van der Waals surface area contributed by atoms with Crippen LogP contribution in [0.4, 0.5) is 5.69 Å². The summed E-state index contributed by atoms with van der Waals surface area (Å²) in [5.41, 5.74) is 2.19. The van der Waals surface area contributed by atoms with Gasteiger partial charge in [-0.05, 0) is 36.8 Å². The second-order valence-electron chi connectivity index (χ2n) is 4.07. The van der Waals surface area contributed by atoms with Crippen molar-refractivity contribution in [3.63, 3.8) is 0 Å². The fourth-order valence-electron chi connectivity index (χ4n) is 1.67. The number of aryl methyl sites for hydroxylation is 1. The first-order chi connectivity index (χ1) is 9.11. The van der Waals surface area contributed by atoms with Gasteiger partial charge in [-0.3, -0.25) is 0 Å². The first kappa shape index (κ1) is 13.5. The van der Waals surface area contributed by atoms with E-state index in [4.69, 9.17) is 16.0 Å². The highest BCUT2D eigenvalue weighted by Gasteiger charge is 2.11. The summed E-state index contributed by atoms with van der Waals surface area (Å²) in [4.78, 5) is 11.5. The molecule has 0 aliphatic heterocycles. The molecule has 1 aromatic carbocycles. The first-order valence-corrected chi connectivity index (χ1v) is 6.14. The Morgan fingerprint density at radius 3 is 2.84 bits per heavy atom. The molecule has 100 valence electrons. The third-order valence-corrected chi connectivity index (χ3v) is 3.12. The van der Waals surface area contributed by atoms with Crippen LogP contribution in [0.15, 0.2) is 34.9 Å². The van der Waals surface area contributed by atoms with E-state index in [9.17, 15) is 4.79 Å². The van der Waals surface area contributed by atoms with Crippen LogP contribution in [0.2, 0.25) is 5.02 Å². The van der Waals surface area contributed by atoms with Crippen molar-refractivity contribution < 1.29 is 13.9 Å². The average molecular weight is 280 g/mol. The summed E-state index contributed by atoms with van der Waals surface area (Å²) in [6.45, 7) is 2.52. The van der Waals surface area contributed by atoms with Gasteiger partial charge in [-0.25, -0.2) is 4.79 Å². The topological polar surface area (TPSA) is 51.5 Å². The van der Waals surface area contributed by atoms with Crippen molar-refractivity contribution in [3.8, 4) is 0 Å². The summed E-state index contributed by atoms with van der Waals surface area (Å²) < 4.78 is 10.0. The number of hydrogen-bond donors (Lipinski definition) is 1. The smallest absolute Gasteiger partial charge is 0.339 e. The quantitative estimate of drug-likeness (QED) is 0.868. The van der Waals surface area contributed by atoms with E-state index in [1.54, 1.807) is 24.5 Å². The monoisotopic (exact) mass is 279 g/mol. The lowest BCUT2D eigenvalue weighted by Gasteiger charge is -2.08. The number of carbonyl (C=O) groups is 1. The SMILES string of the molecule is COC(=O)c1cc(NCc2occc2C)ccc1Cl. The van der Waals surface area contributed by atoms with Crippen molar-refractivity contribution in [2.45, 2.75) is 13.5 Å². The lowest BCUT2D eigenvalue weighted by atomic mass is 10.2. The van der Waals surface area contributed by atoms with Crippen LogP contribution in [0.25, 0.3) is 0 Å². The van der Waals surface area contributed by atoms with Gasteiger partial charge in [-0.15, -0.1) is 0 Å². The minimum Gasteiger partial charge on any atom is -0.467 e. The molecule has 0 radical (unpaired) electrons. The normalized spacial score (nSPS) is 10.3. The Morgan fingerprint density at radius 1 is 1.42 bits per heavy atom. The van der Waals surface area contributed by atoms with E-state index in [0.29, 0.717) is 17.1 Å². The summed E-state index contributed by atoms with van der Waals surface area (Å²) >= 11 is 5.95. The number of rotatable bonds is 4. The fourth-order valence-corrected chi connectivity index (χ4v) is 1.86. The van der Waals surface area contributed by atoms with Crippen LogP contribution in [0.1, 0.15) is 21.7 Å². The van der Waals surface area contributed by atoms with Gasteiger partial charge in [0, 0.05) is 5.69 Å². The van der Waals surface area contributed by atoms with Crippen LogP contribution in [0.3, 0.4) is 0 Å². The standard InChI is InChI=1S/C14H14ClNO3/c1-9-5-6-19-13(9)8-16-10-3-4-12(15)11(7-10)14(17)18-2/h3-7,16H,8H2,1-2H3. The predicted octanol–water partition coefficient (Wildman–Crippen LogP) is 3.64. The van der Waals surface area contributed by atoms with Crippen LogP contribution in [-0.4, -0.2) is 13.1 Å². The molecule has 1 N–H and O–H groups in total. The minimum absolute atomic E-state index is 0.338. The lowest BCUT2D eigenvalue weighted by Crippen LogP contribution is -2.05. The van der Waals surface area contributed by atoms with Gasteiger partial charge in [0.1, 0.15) is 5.76 Å². The molecule has 1 aromatic heterocycles. The van der Waals surface area contributed by atoms with Gasteiger partial charge in [0.2, 0.25) is 0 Å². The molecule has 2 aromatic rings. The zero-order valence-electron chi connectivity index (χ0n) is 10.7. The summed E-state index contributed by atoms with van der Waals surface area (Å²) in [6.07, 6.45) is 1.65. The molecule has 0 saturated carbocycles. The van der Waals surface area contributed by atoms with E-state index in [1.807, 2.05) is 13.0 Å². The van der Waals surface area contributed by atoms with E-state index in [2.05, 4.69) is 10.1 Å². The number of esters is 1. The number of benzene rings is 1. The van der Waals surface area contributed by atoms with Gasteiger partial charge in [0.25, 0.3) is 0 Å². The predicted molar refractivity (Wildman–Crippen MR) is 73.6 cm³/mol. The molecule has 0 atom stereocenters. The Morgan fingerprint density at radius 2 is 2.21 bits per heavy atom. The molecule has 5 heteroatoms. The summed E-state index contributed by atoms with van der Waals surface area (Å²) in [5, 5.41) is 3.54. The van der Waals surface area contributed by atoms with E-state index >= 15 is 0 Å². The van der Waals surface area contributed by atoms with E-state index in [0.717, 1.165) is 17.0 Å². The van der Waals surface area contributed by atoms with Gasteiger partial charge in [-0.1, -0.05) is 11.6 Å². The van der Waals surface area contributed by atoms with Crippen LogP contribution < -0.4 is 5.32 Å². The molecule has 1 heterocycles. The van der Waals surface area contributed by atoms with Crippen LogP contribution >= 0.6 is 11.6 Å². The zero-order chi connectivity index (χ0) is 13.8. The molecular weight excluding hydrogens is 266 g/mol. The molecule has 4 nitrogen and oxygen atoms in total. The zero-order valence-corrected chi connectivity index (χ0v) is 11.5. The van der Waals surface area contributed by atoms with Crippen molar-refractivity contribution in [1.82, 2.24) is 0 Å². The van der Waals surface area contributed by atoms with E-state index in [1.165, 1.54) is 7.11 Å². The van der Waals surface area contributed by atoms with E-state index in [-0.39, 0.29) is 0 Å². The summed E-state index contributed by atoms with van der Waals surface area (Å²) in [7, 11) is 1.32. The lowest BCUT2D eigenvalue weighted by molar-refractivity contribution is 0.0601. The van der Waals surface area contributed by atoms with Crippen molar-refractivity contribution in [3.05, 3.63) is 52.4 Å². The van der Waals surface area contributed by atoms with Crippen LogP contribution in [-0.2, 0) is 11.3 Å². The molecule has 19 heavy (non-hydrogen) atoms. The maximum absolute atomic E-state index is 11.5. The highest BCUT2D eigenvalue weighted by Crippen LogP contribution is 2.22. The van der Waals surface area contributed by atoms with Crippen molar-refractivity contribution >= 4 is 23.3 Å². The number of methoxy groups -OCH3 is 1. The van der Waals surface area contributed by atoms with Gasteiger partial charge in [0.15, 0.2) is 0 Å². The molecule has 0 amide bonds. The molecule has 0 bridgehead atoms. The van der Waals surface area contributed by atoms with Crippen molar-refractivity contribution in [2.24, 2.45) is 0 Å². The first-order valence-electron chi connectivity index (χ1n) is 5.76. The van der Waals surface area contributed by atoms with Crippen molar-refractivity contribution in [1.29, 1.82) is 0 Å². The number of halogens is 1. The number of furan rings is 1. The maximum atomic E-state index is 11.5. The maximum Gasteiger partial charge on any atom is 0.339 e. The summed E-state index contributed by atoms with van der Waals surface area (Å²) in [5.74, 6) is 0.400. The molecule has 0 saturated heterocycles. The van der Waals surface area contributed by atoms with Gasteiger partial charge in [0.05, 0.1) is 30.5 Å². The number of anilines is 1. The molecular formula is C14H14ClNO3. The highest BCUT2D eigenvalue weighted by atomic mass is 35.5. The minimum atomic E-state index is -0.456. The van der Waals surface area contributed by atoms with Gasteiger partial charge >= 0.3 is 5.97 Å². The fraction of sp³-hybridized carbons (Fsp3) is 0.214. The number of nitrogens with one attached hydrogen (secondary N) is 1. The Hall–Kier alpha value is -1.94. The summed E-state index contributed by atoms with van der Waals surface area (Å²) in [6, 6.07) is 7.02.